The third-order valence-electron chi connectivity index (χ3n) is 13.1. The van der Waals surface area contributed by atoms with Crippen molar-refractivity contribution in [1.82, 2.24) is 0 Å². The molecule has 5 rings (SSSR count). The van der Waals surface area contributed by atoms with Crippen molar-refractivity contribution < 1.29 is 23.9 Å². The summed E-state index contributed by atoms with van der Waals surface area (Å²) in [5, 5.41) is 23.8. The first-order chi connectivity index (χ1) is 18.0. The molecule has 0 aromatic carbocycles. The summed E-state index contributed by atoms with van der Waals surface area (Å²) < 4.78 is 13.1. The van der Waals surface area contributed by atoms with Gasteiger partial charge in [0.25, 0.3) is 0 Å². The molecule has 5 aliphatic rings. The second-order valence-corrected chi connectivity index (χ2v) is 20.3. The van der Waals surface area contributed by atoms with Crippen LogP contribution in [0.25, 0.3) is 0 Å². The molecule has 9 atom stereocenters. The summed E-state index contributed by atoms with van der Waals surface area (Å²) in [5.74, 6) is 1.53. The molecule has 2 N–H and O–H groups in total. The number of hydrogen-bond donors (Lipinski definition) is 2. The maximum absolute atomic E-state index is 14.1. The van der Waals surface area contributed by atoms with E-state index in [0.29, 0.717) is 18.9 Å². The molecule has 6 heteroatoms. The lowest BCUT2D eigenvalue weighted by Crippen LogP contribution is -2.73. The molecule has 0 amide bonds. The fourth-order valence-electron chi connectivity index (χ4n) is 9.35. The van der Waals surface area contributed by atoms with Crippen molar-refractivity contribution in [1.29, 1.82) is 0 Å². The minimum absolute atomic E-state index is 0.0895. The molecule has 0 heterocycles. The SMILES string of the molecule is CC1(OCCC2CC2)CCC2(C)C3CCC4(C)C(CCOS(C)(C)C(C)(C)C)CCC4C3C(=O)[C@H](O)[C@@]2(O)C1. The monoisotopic (exact) mass is 566 g/mol. The van der Waals surface area contributed by atoms with E-state index >= 15 is 0 Å². The van der Waals surface area contributed by atoms with Crippen molar-refractivity contribution in [3.05, 3.63) is 0 Å². The number of Topliss-reactive ketones (excluding diaryl/α,β-unsaturated/α-hetero) is 1. The van der Waals surface area contributed by atoms with E-state index in [9.17, 15) is 15.0 Å². The molecule has 0 aromatic heterocycles. The number of carbonyl (C=O) groups excluding carboxylic acids is 1. The minimum Gasteiger partial charge on any atom is -0.386 e. The Morgan fingerprint density at radius 3 is 2.26 bits per heavy atom. The number of fused-ring (bicyclic) bond motifs is 5. The molecule has 0 aromatic rings. The Morgan fingerprint density at radius 2 is 1.62 bits per heavy atom. The molecular weight excluding hydrogens is 508 g/mol. The van der Waals surface area contributed by atoms with E-state index in [4.69, 9.17) is 8.92 Å². The molecule has 0 saturated heterocycles. The Kier molecular flexibility index (Phi) is 7.74. The van der Waals surface area contributed by atoms with Gasteiger partial charge in [0.2, 0.25) is 0 Å². The minimum atomic E-state index is -1.42. The third-order valence-corrected chi connectivity index (χ3v) is 16.8. The topological polar surface area (TPSA) is 76.0 Å². The normalized spacial score (nSPS) is 46.9. The van der Waals surface area contributed by atoms with Gasteiger partial charge in [-0.2, -0.15) is 0 Å². The van der Waals surface area contributed by atoms with Crippen molar-refractivity contribution in [2.45, 2.75) is 134 Å². The largest absolute Gasteiger partial charge is 0.386 e. The Hall–Kier alpha value is -0.140. The number of hydrogen-bond acceptors (Lipinski definition) is 5. The van der Waals surface area contributed by atoms with Crippen LogP contribution in [0, 0.1) is 40.4 Å². The van der Waals surface area contributed by atoms with Crippen molar-refractivity contribution in [3.8, 4) is 0 Å². The fourth-order valence-corrected chi connectivity index (χ4v) is 10.2. The highest BCUT2D eigenvalue weighted by Gasteiger charge is 2.71. The van der Waals surface area contributed by atoms with Gasteiger partial charge >= 0.3 is 0 Å². The molecular formula is C33H58O5S. The Balaban J connectivity index is 1.30. The first kappa shape index (κ1) is 30.3. The summed E-state index contributed by atoms with van der Waals surface area (Å²) in [6.07, 6.45) is 14.3. The van der Waals surface area contributed by atoms with E-state index in [0.717, 1.165) is 63.9 Å². The van der Waals surface area contributed by atoms with Crippen LogP contribution in [-0.2, 0) is 13.7 Å². The molecule has 0 aliphatic heterocycles. The van der Waals surface area contributed by atoms with Crippen LogP contribution in [0.15, 0.2) is 0 Å². The zero-order chi connectivity index (χ0) is 28.6. The molecule has 5 aliphatic carbocycles. The highest BCUT2D eigenvalue weighted by molar-refractivity contribution is 8.29. The number of rotatable bonds is 8. The van der Waals surface area contributed by atoms with Gasteiger partial charge in [-0.25, -0.2) is 0 Å². The second kappa shape index (κ2) is 9.96. The van der Waals surface area contributed by atoms with Crippen molar-refractivity contribution >= 4 is 16.1 Å². The molecule has 0 bridgehead atoms. The van der Waals surface area contributed by atoms with Gasteiger partial charge in [-0.15, -0.1) is 10.3 Å². The number of aliphatic hydroxyl groups excluding tert-OH is 1. The van der Waals surface area contributed by atoms with Crippen LogP contribution in [0.4, 0.5) is 0 Å². The standard InChI is InChI=1S/C33H58O5S/c1-29(2,3)39(7,8)38-20-15-23-11-12-24-26-25(13-16-31(23,24)5)32(6)18-17-30(4,37-19-14-22-9-10-22)21-33(32,36)28(35)27(26)34/h22-26,28,35-36H,9-21H2,1-8H3/t23?,24?,25?,26?,28-,30?,31?,32?,33-/m0/s1. The van der Waals surface area contributed by atoms with E-state index in [1.807, 2.05) is 0 Å². The molecule has 5 saturated carbocycles. The average Bonchev–Trinajstić information content (AvgIpc) is 3.60. The lowest BCUT2D eigenvalue weighted by atomic mass is 9.41. The summed E-state index contributed by atoms with van der Waals surface area (Å²) in [6, 6.07) is 0. The van der Waals surface area contributed by atoms with Crippen molar-refractivity contribution in [2.24, 2.45) is 40.4 Å². The van der Waals surface area contributed by atoms with Gasteiger partial charge < -0.3 is 19.1 Å². The lowest BCUT2D eigenvalue weighted by Gasteiger charge is -2.65. The van der Waals surface area contributed by atoms with Crippen LogP contribution >= 0.6 is 10.3 Å². The molecule has 7 unspecified atom stereocenters. The van der Waals surface area contributed by atoms with Crippen LogP contribution in [0.5, 0.6) is 0 Å². The zero-order valence-corrected chi connectivity index (χ0v) is 27.0. The van der Waals surface area contributed by atoms with Crippen LogP contribution in [0.1, 0.15) is 112 Å². The quantitative estimate of drug-likeness (QED) is 0.343. The van der Waals surface area contributed by atoms with Crippen molar-refractivity contribution in [3.63, 3.8) is 0 Å². The zero-order valence-electron chi connectivity index (χ0n) is 26.2. The van der Waals surface area contributed by atoms with Crippen LogP contribution in [0.2, 0.25) is 0 Å². The summed E-state index contributed by atoms with van der Waals surface area (Å²) >= 11 is 0. The lowest BCUT2D eigenvalue weighted by molar-refractivity contribution is -0.267. The Morgan fingerprint density at radius 1 is 0.923 bits per heavy atom. The van der Waals surface area contributed by atoms with Crippen LogP contribution in [0.3, 0.4) is 0 Å². The van der Waals surface area contributed by atoms with E-state index in [1.54, 1.807) is 0 Å². The number of aliphatic hydroxyl groups is 2. The van der Waals surface area contributed by atoms with Gasteiger partial charge in [0.1, 0.15) is 11.7 Å². The van der Waals surface area contributed by atoms with Gasteiger partial charge in [0.05, 0.1) is 12.2 Å². The van der Waals surface area contributed by atoms with Gasteiger partial charge in [-0.1, -0.05) is 47.5 Å². The van der Waals surface area contributed by atoms with Crippen LogP contribution < -0.4 is 0 Å². The predicted octanol–water partition coefficient (Wildman–Crippen LogP) is 6.67. The summed E-state index contributed by atoms with van der Waals surface area (Å²) in [5.41, 5.74) is -2.27. The maximum Gasteiger partial charge on any atom is 0.167 e. The summed E-state index contributed by atoms with van der Waals surface area (Å²) in [6.45, 7) is 15.0. The van der Waals surface area contributed by atoms with Gasteiger partial charge in [0.15, 0.2) is 5.78 Å². The van der Waals surface area contributed by atoms with E-state index in [-0.39, 0.29) is 33.7 Å². The smallest absolute Gasteiger partial charge is 0.167 e. The molecule has 5 nitrogen and oxygen atoms in total. The highest BCUT2D eigenvalue weighted by atomic mass is 32.3. The number of carbonyl (C=O) groups is 1. The van der Waals surface area contributed by atoms with E-state index in [1.165, 1.54) is 12.8 Å². The van der Waals surface area contributed by atoms with Crippen LogP contribution in [-0.4, -0.2) is 63.8 Å². The van der Waals surface area contributed by atoms with E-state index < -0.39 is 33.0 Å². The molecule has 5 fully saturated rings. The Bertz CT molecular complexity index is 941. The average molecular weight is 567 g/mol. The van der Waals surface area contributed by atoms with Gasteiger partial charge in [-0.05, 0) is 99.9 Å². The second-order valence-electron chi connectivity index (χ2n) is 16.4. The van der Waals surface area contributed by atoms with Gasteiger partial charge in [-0.3, -0.25) is 4.79 Å². The molecule has 226 valence electrons. The molecule has 0 spiro atoms. The first-order valence-corrected chi connectivity index (χ1v) is 18.3. The molecule has 39 heavy (non-hydrogen) atoms. The number of ketones is 1. The third kappa shape index (κ3) is 4.98. The van der Waals surface area contributed by atoms with E-state index in [2.05, 4.69) is 54.1 Å². The predicted molar refractivity (Wildman–Crippen MR) is 160 cm³/mol. The highest BCUT2D eigenvalue weighted by Crippen LogP contribution is 2.69. The first-order valence-electron chi connectivity index (χ1n) is 15.9. The molecule has 0 radical (unpaired) electrons. The number of ether oxygens (including phenoxy) is 1. The maximum atomic E-state index is 14.1. The fraction of sp³-hybridized carbons (Fsp3) is 0.970. The summed E-state index contributed by atoms with van der Waals surface area (Å²) in [7, 11) is -1.14. The van der Waals surface area contributed by atoms with Crippen molar-refractivity contribution in [2.75, 3.05) is 25.7 Å². The van der Waals surface area contributed by atoms with Gasteiger partial charge in [0, 0.05) is 29.1 Å². The summed E-state index contributed by atoms with van der Waals surface area (Å²) in [4.78, 5) is 14.1. The Labute approximate surface area is 240 Å².